The average molecular weight is 793 g/mol. The van der Waals surface area contributed by atoms with Crippen LogP contribution in [0.1, 0.15) is 0 Å². The second kappa shape index (κ2) is 17.6. The maximum atomic E-state index is 2.38. The Balaban J connectivity index is 1.11. The Labute approximate surface area is 364 Å². The van der Waals surface area contributed by atoms with Crippen molar-refractivity contribution >= 4 is 34.1 Å². The molecule has 10 rings (SSSR count). The van der Waals surface area contributed by atoms with Crippen LogP contribution < -0.4 is 9.80 Å². The molecule has 2 nitrogen and oxygen atoms in total. The largest absolute Gasteiger partial charge is 0.311 e. The van der Waals surface area contributed by atoms with Gasteiger partial charge in [0.25, 0.3) is 0 Å². The maximum absolute atomic E-state index is 2.38. The summed E-state index contributed by atoms with van der Waals surface area (Å²) in [7, 11) is 0. The van der Waals surface area contributed by atoms with E-state index in [-0.39, 0.29) is 0 Å². The lowest BCUT2D eigenvalue weighted by atomic mass is 9.89. The number of nitrogens with zero attached hydrogens (tertiary/aromatic N) is 2. The van der Waals surface area contributed by atoms with Crippen molar-refractivity contribution in [2.24, 2.45) is 0 Å². The molecule has 294 valence electrons. The minimum absolute atomic E-state index is 1.10. The normalized spacial score (nSPS) is 10.9. The van der Waals surface area contributed by atoms with Crippen LogP contribution >= 0.6 is 0 Å². The van der Waals surface area contributed by atoms with Gasteiger partial charge in [-0.1, -0.05) is 170 Å². The Morgan fingerprint density at radius 3 is 0.790 bits per heavy atom. The lowest BCUT2D eigenvalue weighted by molar-refractivity contribution is 1.28. The first-order valence-electron chi connectivity index (χ1n) is 21.2. The summed E-state index contributed by atoms with van der Waals surface area (Å²) in [5, 5.41) is 0. The summed E-state index contributed by atoms with van der Waals surface area (Å²) in [4.78, 5) is 4.62. The topological polar surface area (TPSA) is 6.48 Å². The molecule has 0 unspecified atom stereocenters. The number of benzene rings is 10. The summed E-state index contributed by atoms with van der Waals surface area (Å²) in [6, 6.07) is 95.7. The highest BCUT2D eigenvalue weighted by Gasteiger charge is 2.17. The fourth-order valence-electron chi connectivity index (χ4n) is 8.39. The summed E-state index contributed by atoms with van der Waals surface area (Å²) >= 11 is 0. The average Bonchev–Trinajstić information content (AvgIpc) is 3.36. The number of rotatable bonds is 11. The van der Waals surface area contributed by atoms with Crippen molar-refractivity contribution in [2.45, 2.75) is 0 Å². The number of hydrogen-bond acceptors (Lipinski definition) is 2. The third-order valence-electron chi connectivity index (χ3n) is 11.4. The molecule has 0 fully saturated rings. The molecule has 0 radical (unpaired) electrons. The molecule has 0 heterocycles. The van der Waals surface area contributed by atoms with Crippen LogP contribution in [0.25, 0.3) is 55.6 Å². The van der Waals surface area contributed by atoms with Gasteiger partial charge in [0, 0.05) is 34.1 Å². The zero-order valence-corrected chi connectivity index (χ0v) is 34.3. The molecule has 10 aromatic rings. The standard InChI is InChI=1S/C60H44N2/c1-7-19-45(20-8-1)50-41-51(46-21-9-2-10-22-46)43-52(42-50)49-35-40-59(47-31-36-57(37-32-47)61(53-23-11-3-12-24-53)54-25-13-4-14-26-54)60(44-49)48-33-38-58(39-34-48)62(55-27-15-5-16-28-55)56-29-17-6-18-30-56/h1-44H. The molecule has 0 spiro atoms. The van der Waals surface area contributed by atoms with Crippen molar-refractivity contribution in [3.8, 4) is 55.6 Å². The Bertz CT molecular complexity index is 2870. The first-order chi connectivity index (χ1) is 30.7. The summed E-state index contributed by atoms with van der Waals surface area (Å²) in [6.45, 7) is 0. The van der Waals surface area contributed by atoms with E-state index in [1.807, 2.05) is 0 Å². The van der Waals surface area contributed by atoms with Crippen LogP contribution in [0, 0.1) is 0 Å². The van der Waals surface area contributed by atoms with Crippen molar-refractivity contribution in [1.82, 2.24) is 0 Å². The summed E-state index contributed by atoms with van der Waals surface area (Å²) in [5.41, 5.74) is 18.4. The lowest BCUT2D eigenvalue weighted by Gasteiger charge is -2.26. The predicted octanol–water partition coefficient (Wildman–Crippen LogP) is 17.0. The molecular formula is C60H44N2. The van der Waals surface area contributed by atoms with Crippen LogP contribution in [0.3, 0.4) is 0 Å². The summed E-state index contributed by atoms with van der Waals surface area (Å²) in [5.74, 6) is 0. The van der Waals surface area contributed by atoms with E-state index in [0.717, 1.165) is 50.8 Å². The first-order valence-corrected chi connectivity index (χ1v) is 21.2. The van der Waals surface area contributed by atoms with E-state index in [0.29, 0.717) is 0 Å². The Morgan fingerprint density at radius 1 is 0.161 bits per heavy atom. The van der Waals surface area contributed by atoms with E-state index in [4.69, 9.17) is 0 Å². The zero-order valence-electron chi connectivity index (χ0n) is 34.3. The highest BCUT2D eigenvalue weighted by molar-refractivity contribution is 5.91. The number of anilines is 6. The van der Waals surface area contributed by atoms with Gasteiger partial charge < -0.3 is 9.80 Å². The van der Waals surface area contributed by atoms with Crippen LogP contribution in [0.15, 0.2) is 267 Å². The maximum Gasteiger partial charge on any atom is 0.0462 e. The molecule has 0 saturated carbocycles. The van der Waals surface area contributed by atoms with Crippen molar-refractivity contribution < 1.29 is 0 Å². The highest BCUT2D eigenvalue weighted by atomic mass is 15.1. The molecule has 0 amide bonds. The van der Waals surface area contributed by atoms with Gasteiger partial charge in [0.1, 0.15) is 0 Å². The second-order valence-electron chi connectivity index (χ2n) is 15.4. The van der Waals surface area contributed by atoms with Gasteiger partial charge in [-0.3, -0.25) is 0 Å². The molecule has 0 aromatic heterocycles. The highest BCUT2D eigenvalue weighted by Crippen LogP contribution is 2.42. The summed E-state index contributed by atoms with van der Waals surface area (Å²) < 4.78 is 0. The Hall–Kier alpha value is -8.20. The molecule has 0 aliphatic heterocycles. The molecule has 0 aliphatic rings. The van der Waals surface area contributed by atoms with Crippen LogP contribution in [-0.2, 0) is 0 Å². The van der Waals surface area contributed by atoms with Crippen LogP contribution in [-0.4, -0.2) is 0 Å². The fourth-order valence-corrected chi connectivity index (χ4v) is 8.39. The van der Waals surface area contributed by atoms with Gasteiger partial charge >= 0.3 is 0 Å². The minimum atomic E-state index is 1.10. The van der Waals surface area contributed by atoms with Gasteiger partial charge in [-0.2, -0.15) is 0 Å². The molecule has 0 N–H and O–H groups in total. The Morgan fingerprint density at radius 2 is 0.435 bits per heavy atom. The molecule has 2 heteroatoms. The number of hydrogen-bond donors (Lipinski definition) is 0. The number of para-hydroxylation sites is 4. The molecule has 0 bridgehead atoms. The van der Waals surface area contributed by atoms with Crippen LogP contribution in [0.4, 0.5) is 34.1 Å². The van der Waals surface area contributed by atoms with Crippen molar-refractivity contribution in [2.75, 3.05) is 9.80 Å². The first kappa shape index (κ1) is 38.0. The predicted molar refractivity (Wildman–Crippen MR) is 263 cm³/mol. The van der Waals surface area contributed by atoms with Crippen molar-refractivity contribution in [3.05, 3.63) is 267 Å². The van der Waals surface area contributed by atoms with E-state index in [9.17, 15) is 0 Å². The van der Waals surface area contributed by atoms with Crippen molar-refractivity contribution in [3.63, 3.8) is 0 Å². The zero-order chi connectivity index (χ0) is 41.5. The fraction of sp³-hybridized carbons (Fsp3) is 0. The van der Waals surface area contributed by atoms with E-state index in [2.05, 4.69) is 277 Å². The van der Waals surface area contributed by atoms with Gasteiger partial charge in [-0.15, -0.1) is 0 Å². The lowest BCUT2D eigenvalue weighted by Crippen LogP contribution is -2.09. The third kappa shape index (κ3) is 8.06. The van der Waals surface area contributed by atoms with Crippen molar-refractivity contribution in [1.29, 1.82) is 0 Å². The molecule has 62 heavy (non-hydrogen) atoms. The van der Waals surface area contributed by atoms with Gasteiger partial charge in [-0.25, -0.2) is 0 Å². The minimum Gasteiger partial charge on any atom is -0.311 e. The van der Waals surface area contributed by atoms with Crippen LogP contribution in [0.2, 0.25) is 0 Å². The van der Waals surface area contributed by atoms with E-state index < -0.39 is 0 Å². The monoisotopic (exact) mass is 792 g/mol. The van der Waals surface area contributed by atoms with Gasteiger partial charge in [0.15, 0.2) is 0 Å². The van der Waals surface area contributed by atoms with E-state index in [1.54, 1.807) is 0 Å². The van der Waals surface area contributed by atoms with E-state index in [1.165, 1.54) is 38.9 Å². The third-order valence-corrected chi connectivity index (χ3v) is 11.4. The molecule has 0 aliphatic carbocycles. The van der Waals surface area contributed by atoms with Gasteiger partial charge in [-0.05, 0) is 153 Å². The molecule has 10 aromatic carbocycles. The molecule has 0 saturated heterocycles. The smallest absolute Gasteiger partial charge is 0.0462 e. The molecule has 0 atom stereocenters. The summed E-state index contributed by atoms with van der Waals surface area (Å²) in [6.07, 6.45) is 0. The quantitative estimate of drug-likeness (QED) is 0.129. The Kier molecular flexibility index (Phi) is 10.8. The molecular weight excluding hydrogens is 749 g/mol. The van der Waals surface area contributed by atoms with Crippen LogP contribution in [0.5, 0.6) is 0 Å². The van der Waals surface area contributed by atoms with E-state index >= 15 is 0 Å². The van der Waals surface area contributed by atoms with Gasteiger partial charge in [0.05, 0.1) is 0 Å². The van der Waals surface area contributed by atoms with Gasteiger partial charge in [0.2, 0.25) is 0 Å². The SMILES string of the molecule is c1ccc(-c2cc(-c3ccccc3)cc(-c3ccc(-c4ccc(N(c5ccccc5)c5ccccc5)cc4)c(-c4ccc(N(c5ccccc5)c5ccccc5)cc4)c3)c2)cc1. The second-order valence-corrected chi connectivity index (χ2v) is 15.4.